The molecule has 2 aliphatic rings. The van der Waals surface area contributed by atoms with Crippen LogP contribution in [0.15, 0.2) is 0 Å². The minimum atomic E-state index is 0.437. The quantitative estimate of drug-likeness (QED) is 0.796. The first-order valence-electron chi connectivity index (χ1n) is 8.67. The molecule has 0 amide bonds. The van der Waals surface area contributed by atoms with E-state index in [-0.39, 0.29) is 0 Å². The molecule has 1 atom stereocenters. The molecule has 130 valence electrons. The lowest BCUT2D eigenvalue weighted by atomic mass is 10.1. The molecule has 0 unspecified atom stereocenters. The molecule has 0 saturated carbocycles. The molecule has 1 aromatic heterocycles. The molecule has 2 fully saturated rings. The van der Waals surface area contributed by atoms with Crippen molar-refractivity contribution in [3.8, 4) is 0 Å². The van der Waals surface area contributed by atoms with Gasteiger partial charge < -0.3 is 14.4 Å². The number of likely N-dealkylation sites (tertiary alicyclic amines) is 1. The number of thiazole rings is 1. The summed E-state index contributed by atoms with van der Waals surface area (Å²) in [7, 11) is 4.11. The summed E-state index contributed by atoms with van der Waals surface area (Å²) in [6.07, 6.45) is 3.89. The van der Waals surface area contributed by atoms with Gasteiger partial charge in [-0.3, -0.25) is 4.90 Å². The summed E-state index contributed by atoms with van der Waals surface area (Å²) in [5.74, 6) is 0.623. The van der Waals surface area contributed by atoms with Crippen LogP contribution in [-0.2, 0) is 16.0 Å². The first kappa shape index (κ1) is 17.1. The van der Waals surface area contributed by atoms with Gasteiger partial charge in [0.25, 0.3) is 0 Å². The molecular formula is C17H29N3O2S. The van der Waals surface area contributed by atoms with E-state index in [0.717, 1.165) is 63.8 Å². The number of ether oxygens (including phenoxy) is 2. The van der Waals surface area contributed by atoms with Crippen LogP contribution >= 0.6 is 11.3 Å². The number of rotatable bonds is 6. The molecule has 2 saturated heterocycles. The molecule has 0 N–H and O–H groups in total. The molecule has 23 heavy (non-hydrogen) atoms. The topological polar surface area (TPSA) is 37.8 Å². The normalized spacial score (nSPS) is 23.5. The van der Waals surface area contributed by atoms with E-state index in [4.69, 9.17) is 9.47 Å². The first-order chi connectivity index (χ1) is 11.1. The van der Waals surface area contributed by atoms with Crippen LogP contribution in [0.25, 0.3) is 0 Å². The smallest absolute Gasteiger partial charge is 0.185 e. The Hall–Kier alpha value is -0.690. The van der Waals surface area contributed by atoms with Crippen molar-refractivity contribution in [2.45, 2.75) is 38.8 Å². The van der Waals surface area contributed by atoms with Gasteiger partial charge in [-0.2, -0.15) is 0 Å². The summed E-state index contributed by atoms with van der Waals surface area (Å²) in [5.41, 5.74) is 1.18. The Labute approximate surface area is 143 Å². The number of aromatic nitrogens is 1. The Morgan fingerprint density at radius 1 is 1.30 bits per heavy atom. The minimum absolute atomic E-state index is 0.437. The summed E-state index contributed by atoms with van der Waals surface area (Å²) in [6, 6.07) is 0. The highest BCUT2D eigenvalue weighted by Crippen LogP contribution is 2.27. The third-order valence-corrected chi connectivity index (χ3v) is 6.07. The van der Waals surface area contributed by atoms with Crippen LogP contribution in [0, 0.1) is 12.8 Å². The molecule has 1 aromatic rings. The van der Waals surface area contributed by atoms with Crippen molar-refractivity contribution in [3.05, 3.63) is 10.6 Å². The van der Waals surface area contributed by atoms with Gasteiger partial charge in [-0.05, 0) is 26.2 Å². The Morgan fingerprint density at radius 2 is 2.09 bits per heavy atom. The Bertz CT molecular complexity index is 492. The van der Waals surface area contributed by atoms with Crippen LogP contribution < -0.4 is 4.90 Å². The summed E-state index contributed by atoms with van der Waals surface area (Å²) < 4.78 is 11.5. The standard InChI is InChI=1S/C17H29N3O2S/c1-13-16(23-17(18-13)19(2)3)10-20-7-4-15(5-8-20)22-12-14-6-9-21-11-14/h14-15H,4-12H2,1-3H3/t14-/m0/s1. The number of nitrogens with zero attached hydrogens (tertiary/aromatic N) is 3. The minimum Gasteiger partial charge on any atom is -0.381 e. The maximum absolute atomic E-state index is 6.10. The molecule has 0 radical (unpaired) electrons. The lowest BCUT2D eigenvalue weighted by Gasteiger charge is -2.32. The second kappa shape index (κ2) is 7.92. The molecule has 0 bridgehead atoms. The van der Waals surface area contributed by atoms with Crippen molar-refractivity contribution in [1.82, 2.24) is 9.88 Å². The number of hydrogen-bond donors (Lipinski definition) is 0. The summed E-state index contributed by atoms with van der Waals surface area (Å²) >= 11 is 1.82. The van der Waals surface area contributed by atoms with Crippen molar-refractivity contribution in [3.63, 3.8) is 0 Å². The zero-order valence-corrected chi connectivity index (χ0v) is 15.4. The number of aryl methyl sites for hydroxylation is 1. The van der Waals surface area contributed by atoms with E-state index in [1.54, 1.807) is 0 Å². The van der Waals surface area contributed by atoms with E-state index in [2.05, 4.69) is 35.8 Å². The Kier molecular flexibility index (Phi) is 5.91. The van der Waals surface area contributed by atoms with Crippen LogP contribution in [0.5, 0.6) is 0 Å². The summed E-state index contributed by atoms with van der Waals surface area (Å²) in [5, 5.41) is 1.11. The average Bonchev–Trinajstić information content (AvgIpc) is 3.17. The maximum Gasteiger partial charge on any atom is 0.185 e. The van der Waals surface area contributed by atoms with Gasteiger partial charge in [-0.25, -0.2) is 4.98 Å². The lowest BCUT2D eigenvalue weighted by molar-refractivity contribution is -0.0115. The van der Waals surface area contributed by atoms with E-state index < -0.39 is 0 Å². The number of hydrogen-bond acceptors (Lipinski definition) is 6. The Balaban J connectivity index is 1.42. The summed E-state index contributed by atoms with van der Waals surface area (Å²) in [4.78, 5) is 10.7. The fourth-order valence-corrected chi connectivity index (χ4v) is 4.20. The predicted octanol–water partition coefficient (Wildman–Crippen LogP) is 2.54. The van der Waals surface area contributed by atoms with E-state index >= 15 is 0 Å². The zero-order valence-electron chi connectivity index (χ0n) is 14.6. The van der Waals surface area contributed by atoms with Crippen LogP contribution in [0.4, 0.5) is 5.13 Å². The van der Waals surface area contributed by atoms with Crippen LogP contribution in [0.3, 0.4) is 0 Å². The van der Waals surface area contributed by atoms with Crippen molar-refractivity contribution < 1.29 is 9.47 Å². The SMILES string of the molecule is Cc1nc(N(C)C)sc1CN1CCC(OC[C@H]2CCOC2)CC1. The monoisotopic (exact) mass is 339 g/mol. The molecule has 3 rings (SSSR count). The highest BCUT2D eigenvalue weighted by atomic mass is 32.1. The van der Waals surface area contributed by atoms with Gasteiger partial charge >= 0.3 is 0 Å². The highest BCUT2D eigenvalue weighted by Gasteiger charge is 2.23. The zero-order chi connectivity index (χ0) is 16.2. The van der Waals surface area contributed by atoms with Crippen molar-refractivity contribution in [2.75, 3.05) is 51.9 Å². The van der Waals surface area contributed by atoms with E-state index in [1.807, 2.05) is 11.3 Å². The third kappa shape index (κ3) is 4.66. The third-order valence-electron chi connectivity index (χ3n) is 4.76. The molecule has 0 aliphatic carbocycles. The predicted molar refractivity (Wildman–Crippen MR) is 94.4 cm³/mol. The molecular weight excluding hydrogens is 310 g/mol. The van der Waals surface area contributed by atoms with Gasteiger partial charge in [0, 0.05) is 51.1 Å². The van der Waals surface area contributed by atoms with Gasteiger partial charge in [-0.1, -0.05) is 0 Å². The molecule has 0 aromatic carbocycles. The van der Waals surface area contributed by atoms with Gasteiger partial charge in [0.05, 0.1) is 25.0 Å². The van der Waals surface area contributed by atoms with Crippen LogP contribution in [-0.4, -0.2) is 63.0 Å². The van der Waals surface area contributed by atoms with Gasteiger partial charge in [-0.15, -0.1) is 11.3 Å². The van der Waals surface area contributed by atoms with E-state index in [0.29, 0.717) is 12.0 Å². The molecule has 6 heteroatoms. The fourth-order valence-electron chi connectivity index (χ4n) is 3.17. The summed E-state index contributed by atoms with van der Waals surface area (Å²) in [6.45, 7) is 8.08. The first-order valence-corrected chi connectivity index (χ1v) is 9.49. The van der Waals surface area contributed by atoms with Crippen LogP contribution in [0.2, 0.25) is 0 Å². The van der Waals surface area contributed by atoms with Crippen molar-refractivity contribution in [2.24, 2.45) is 5.92 Å². The largest absolute Gasteiger partial charge is 0.381 e. The molecule has 3 heterocycles. The van der Waals surface area contributed by atoms with Crippen molar-refractivity contribution >= 4 is 16.5 Å². The Morgan fingerprint density at radius 3 is 2.70 bits per heavy atom. The van der Waals surface area contributed by atoms with Gasteiger partial charge in [0.2, 0.25) is 0 Å². The van der Waals surface area contributed by atoms with Gasteiger partial charge in [0.15, 0.2) is 5.13 Å². The average molecular weight is 340 g/mol. The maximum atomic E-state index is 6.10. The molecule has 5 nitrogen and oxygen atoms in total. The lowest BCUT2D eigenvalue weighted by Crippen LogP contribution is -2.37. The number of anilines is 1. The van der Waals surface area contributed by atoms with E-state index in [9.17, 15) is 0 Å². The highest BCUT2D eigenvalue weighted by molar-refractivity contribution is 7.15. The van der Waals surface area contributed by atoms with Crippen molar-refractivity contribution in [1.29, 1.82) is 0 Å². The second-order valence-corrected chi connectivity index (χ2v) is 8.00. The van der Waals surface area contributed by atoms with Gasteiger partial charge in [0.1, 0.15) is 0 Å². The van der Waals surface area contributed by atoms with E-state index in [1.165, 1.54) is 10.6 Å². The second-order valence-electron chi connectivity index (χ2n) is 6.94. The fraction of sp³-hybridized carbons (Fsp3) is 0.824. The van der Waals surface area contributed by atoms with Crippen LogP contribution in [0.1, 0.15) is 29.8 Å². The molecule has 2 aliphatic heterocycles. The molecule has 0 spiro atoms. The number of piperidine rings is 1.